The Hall–Kier alpha value is -1.57. The second kappa shape index (κ2) is 5.60. The normalized spacial score (nSPS) is 16.6. The Morgan fingerprint density at radius 3 is 2.63 bits per heavy atom. The first kappa shape index (κ1) is 12.5. The zero-order valence-electron chi connectivity index (χ0n) is 10.5. The van der Waals surface area contributed by atoms with E-state index in [4.69, 9.17) is 17.0 Å². The Kier molecular flexibility index (Phi) is 3.67. The van der Waals surface area contributed by atoms with Crippen molar-refractivity contribution in [1.82, 2.24) is 19.8 Å². The van der Waals surface area contributed by atoms with E-state index in [1.807, 2.05) is 30.3 Å². The van der Waals surface area contributed by atoms with Crippen molar-refractivity contribution in [3.05, 3.63) is 35.1 Å². The molecule has 2 aromatic rings. The fourth-order valence-electron chi connectivity index (χ4n) is 2.13. The van der Waals surface area contributed by atoms with Gasteiger partial charge in [0.15, 0.2) is 6.67 Å². The summed E-state index contributed by atoms with van der Waals surface area (Å²) in [5.74, 6) is 0. The number of hydrogen-bond donors (Lipinski definition) is 1. The van der Waals surface area contributed by atoms with Gasteiger partial charge in [-0.25, -0.2) is 0 Å². The van der Waals surface area contributed by atoms with E-state index in [0.29, 0.717) is 4.77 Å². The van der Waals surface area contributed by atoms with E-state index in [1.54, 1.807) is 9.36 Å². The third kappa shape index (κ3) is 2.73. The van der Waals surface area contributed by atoms with E-state index in [9.17, 15) is 0 Å². The first-order valence-corrected chi connectivity index (χ1v) is 6.75. The van der Waals surface area contributed by atoms with Crippen LogP contribution in [0.5, 0.6) is 0 Å². The Morgan fingerprint density at radius 1 is 1.16 bits per heavy atom. The Bertz CT molecular complexity index is 588. The molecule has 0 radical (unpaired) electrons. The van der Waals surface area contributed by atoms with Gasteiger partial charge >= 0.3 is 0 Å². The number of tetrazole rings is 1. The molecule has 6 nitrogen and oxygen atoms in total. The molecule has 2 heterocycles. The number of aromatic nitrogens is 4. The van der Waals surface area contributed by atoms with Crippen molar-refractivity contribution in [2.45, 2.75) is 6.67 Å². The van der Waals surface area contributed by atoms with Crippen LogP contribution in [0.25, 0.3) is 5.69 Å². The lowest BCUT2D eigenvalue weighted by molar-refractivity contribution is -0.931. The molecule has 0 saturated carbocycles. The number of quaternary nitrogens is 1. The molecule has 0 spiro atoms. The monoisotopic (exact) mass is 278 g/mol. The van der Waals surface area contributed by atoms with Crippen LogP contribution in [0.15, 0.2) is 30.3 Å². The average molecular weight is 278 g/mol. The van der Waals surface area contributed by atoms with Crippen LogP contribution in [-0.4, -0.2) is 46.1 Å². The number of ether oxygens (including phenoxy) is 1. The number of benzene rings is 1. The number of nitrogens with one attached hydrogen (secondary N) is 1. The fraction of sp³-hybridized carbons (Fsp3) is 0.417. The summed E-state index contributed by atoms with van der Waals surface area (Å²) in [7, 11) is 0. The molecular formula is C12H16N5OS+. The fourth-order valence-corrected chi connectivity index (χ4v) is 2.38. The first-order chi connectivity index (χ1) is 9.34. The van der Waals surface area contributed by atoms with Crippen molar-refractivity contribution in [2.24, 2.45) is 0 Å². The molecule has 19 heavy (non-hydrogen) atoms. The standard InChI is InChI=1S/C12H15N5OS/c19-12-16(10-15-6-8-18-9-7-15)13-14-17(12)11-4-2-1-3-5-11/h1-5H,6-10H2/p+1. The number of nitrogens with zero attached hydrogens (tertiary/aromatic N) is 4. The molecule has 1 N–H and O–H groups in total. The Labute approximate surface area is 116 Å². The van der Waals surface area contributed by atoms with Crippen LogP contribution in [0.4, 0.5) is 0 Å². The van der Waals surface area contributed by atoms with Crippen molar-refractivity contribution in [3.63, 3.8) is 0 Å². The van der Waals surface area contributed by atoms with Crippen LogP contribution < -0.4 is 4.90 Å². The average Bonchev–Trinajstić information content (AvgIpc) is 2.82. The highest BCUT2D eigenvalue weighted by Crippen LogP contribution is 2.04. The lowest BCUT2D eigenvalue weighted by atomic mass is 10.3. The van der Waals surface area contributed by atoms with E-state index in [1.165, 1.54) is 4.90 Å². The topological polar surface area (TPSA) is 49.3 Å². The van der Waals surface area contributed by atoms with Gasteiger partial charge in [0.2, 0.25) is 4.77 Å². The summed E-state index contributed by atoms with van der Waals surface area (Å²) < 4.78 is 9.45. The molecule has 0 aliphatic carbocycles. The van der Waals surface area contributed by atoms with E-state index in [-0.39, 0.29) is 0 Å². The molecule has 1 saturated heterocycles. The van der Waals surface area contributed by atoms with E-state index < -0.39 is 0 Å². The van der Waals surface area contributed by atoms with Gasteiger partial charge in [-0.1, -0.05) is 18.2 Å². The molecule has 1 aromatic heterocycles. The molecule has 1 aliphatic rings. The van der Waals surface area contributed by atoms with Crippen LogP contribution in [0.3, 0.4) is 0 Å². The third-order valence-electron chi connectivity index (χ3n) is 3.21. The number of hydrogen-bond acceptors (Lipinski definition) is 4. The van der Waals surface area contributed by atoms with Gasteiger partial charge in [-0.3, -0.25) is 0 Å². The molecular weight excluding hydrogens is 262 g/mol. The smallest absolute Gasteiger partial charge is 0.225 e. The molecule has 0 amide bonds. The Morgan fingerprint density at radius 2 is 1.89 bits per heavy atom. The molecule has 100 valence electrons. The summed E-state index contributed by atoms with van der Waals surface area (Å²) in [6, 6.07) is 9.83. The summed E-state index contributed by atoms with van der Waals surface area (Å²) >= 11 is 5.43. The number of morpholine rings is 1. The third-order valence-corrected chi connectivity index (χ3v) is 3.60. The molecule has 0 bridgehead atoms. The highest BCUT2D eigenvalue weighted by atomic mass is 32.1. The van der Waals surface area contributed by atoms with Gasteiger partial charge in [-0.15, -0.1) is 0 Å². The van der Waals surface area contributed by atoms with E-state index in [0.717, 1.165) is 38.7 Å². The molecule has 1 aromatic carbocycles. The molecule has 1 aliphatic heterocycles. The van der Waals surface area contributed by atoms with Crippen LogP contribution >= 0.6 is 12.2 Å². The van der Waals surface area contributed by atoms with Gasteiger partial charge < -0.3 is 9.64 Å². The van der Waals surface area contributed by atoms with Crippen molar-refractivity contribution in [1.29, 1.82) is 0 Å². The number of para-hydroxylation sites is 1. The minimum Gasteiger partial charge on any atom is -0.370 e. The largest absolute Gasteiger partial charge is 0.370 e. The van der Waals surface area contributed by atoms with Gasteiger partial charge in [0, 0.05) is 0 Å². The van der Waals surface area contributed by atoms with Crippen LogP contribution in [0, 0.1) is 4.77 Å². The molecule has 1 fully saturated rings. The lowest BCUT2D eigenvalue weighted by Gasteiger charge is -2.22. The predicted molar refractivity (Wildman–Crippen MR) is 71.7 cm³/mol. The SMILES string of the molecule is S=c1n(C[NH+]2CCOCC2)nnn1-c1ccccc1. The van der Waals surface area contributed by atoms with E-state index in [2.05, 4.69) is 10.4 Å². The minimum absolute atomic E-state index is 0.630. The summed E-state index contributed by atoms with van der Waals surface area (Å²) in [4.78, 5) is 1.42. The maximum absolute atomic E-state index is 5.43. The second-order valence-electron chi connectivity index (χ2n) is 4.53. The zero-order valence-corrected chi connectivity index (χ0v) is 11.3. The number of rotatable bonds is 3. The van der Waals surface area contributed by atoms with Gasteiger partial charge in [0.1, 0.15) is 13.1 Å². The highest BCUT2D eigenvalue weighted by molar-refractivity contribution is 7.71. The van der Waals surface area contributed by atoms with Crippen molar-refractivity contribution >= 4 is 12.2 Å². The maximum Gasteiger partial charge on any atom is 0.225 e. The van der Waals surface area contributed by atoms with Crippen LogP contribution in [0.2, 0.25) is 0 Å². The Balaban J connectivity index is 1.81. The van der Waals surface area contributed by atoms with Gasteiger partial charge in [-0.05, 0) is 34.8 Å². The molecule has 0 unspecified atom stereocenters. The van der Waals surface area contributed by atoms with Crippen molar-refractivity contribution in [3.8, 4) is 5.69 Å². The summed E-state index contributed by atoms with van der Waals surface area (Å²) in [6.45, 7) is 4.32. The predicted octanol–water partition coefficient (Wildman–Crippen LogP) is -0.329. The maximum atomic E-state index is 5.43. The first-order valence-electron chi connectivity index (χ1n) is 6.34. The van der Waals surface area contributed by atoms with Crippen molar-refractivity contribution < 1.29 is 9.64 Å². The van der Waals surface area contributed by atoms with Gasteiger partial charge in [0.05, 0.1) is 18.9 Å². The summed E-state index contributed by atoms with van der Waals surface area (Å²) in [5.41, 5.74) is 0.940. The van der Waals surface area contributed by atoms with E-state index >= 15 is 0 Å². The molecule has 0 atom stereocenters. The van der Waals surface area contributed by atoms with Gasteiger partial charge in [-0.2, -0.15) is 9.36 Å². The summed E-state index contributed by atoms with van der Waals surface area (Å²) in [5, 5.41) is 8.28. The lowest BCUT2D eigenvalue weighted by Crippen LogP contribution is -3.13. The zero-order chi connectivity index (χ0) is 13.1. The minimum atomic E-state index is 0.630. The second-order valence-corrected chi connectivity index (χ2v) is 4.89. The van der Waals surface area contributed by atoms with Crippen molar-refractivity contribution in [2.75, 3.05) is 26.3 Å². The highest BCUT2D eigenvalue weighted by Gasteiger charge is 2.16. The molecule has 3 rings (SSSR count). The summed E-state index contributed by atoms with van der Waals surface area (Å²) in [6.07, 6.45) is 0. The van der Waals surface area contributed by atoms with Gasteiger partial charge in [0.25, 0.3) is 0 Å². The van der Waals surface area contributed by atoms with Crippen LogP contribution in [-0.2, 0) is 11.4 Å². The molecule has 7 heteroatoms. The van der Waals surface area contributed by atoms with Crippen LogP contribution in [0.1, 0.15) is 0 Å². The quantitative estimate of drug-likeness (QED) is 0.781.